The molecule has 0 aliphatic heterocycles. The third-order valence-electron chi connectivity index (χ3n) is 2.71. The van der Waals surface area contributed by atoms with Gasteiger partial charge in [-0.1, -0.05) is 58.4 Å². The highest BCUT2D eigenvalue weighted by Gasteiger charge is 2.17. The molecule has 0 unspecified atom stereocenters. The molecule has 0 fully saturated rings. The lowest BCUT2D eigenvalue weighted by molar-refractivity contribution is -0.146. The number of hydrogen-bond acceptors (Lipinski definition) is 3. The third kappa shape index (κ3) is 4.63. The molecular weight excluding hydrogens is 342 g/mol. The van der Waals surface area contributed by atoms with Crippen LogP contribution in [0.2, 0.25) is 0 Å². The van der Waals surface area contributed by atoms with Crippen LogP contribution in [0.15, 0.2) is 59.1 Å². The first-order chi connectivity index (χ1) is 9.16. The summed E-state index contributed by atoms with van der Waals surface area (Å²) in [6.45, 7) is 0.240. The number of nitrogens with two attached hydrogens (primary N) is 1. The molecule has 0 heterocycles. The predicted octanol–water partition coefficient (Wildman–Crippen LogP) is 3.61. The van der Waals surface area contributed by atoms with E-state index in [9.17, 15) is 4.79 Å². The summed E-state index contributed by atoms with van der Waals surface area (Å²) in [5.74, 6) is -0.425. The molecule has 20 heavy (non-hydrogen) atoms. The number of halogens is 2. The Balaban J connectivity index is 0.00000200. The van der Waals surface area contributed by atoms with Gasteiger partial charge in [0.05, 0.1) is 0 Å². The lowest BCUT2D eigenvalue weighted by Gasteiger charge is -2.12. The van der Waals surface area contributed by atoms with Gasteiger partial charge in [-0.05, 0) is 23.3 Å². The Morgan fingerprint density at radius 2 is 1.70 bits per heavy atom. The minimum absolute atomic E-state index is 0. The van der Waals surface area contributed by atoms with Gasteiger partial charge in [0.25, 0.3) is 0 Å². The van der Waals surface area contributed by atoms with Gasteiger partial charge < -0.3 is 10.5 Å². The summed E-state index contributed by atoms with van der Waals surface area (Å²) in [4.78, 5) is 11.8. The van der Waals surface area contributed by atoms with Crippen molar-refractivity contribution in [2.24, 2.45) is 5.73 Å². The molecule has 0 aliphatic rings. The Morgan fingerprint density at radius 3 is 2.30 bits per heavy atom. The van der Waals surface area contributed by atoms with Crippen LogP contribution in [0.5, 0.6) is 0 Å². The molecule has 0 spiro atoms. The van der Waals surface area contributed by atoms with E-state index in [0.717, 1.165) is 15.6 Å². The smallest absolute Gasteiger partial charge is 0.327 e. The molecule has 0 aromatic heterocycles. The Kier molecular flexibility index (Phi) is 6.71. The van der Waals surface area contributed by atoms with Gasteiger partial charge in [0.2, 0.25) is 0 Å². The zero-order valence-corrected chi connectivity index (χ0v) is 13.1. The lowest BCUT2D eigenvalue weighted by atomic mass is 10.1. The van der Waals surface area contributed by atoms with Crippen molar-refractivity contribution in [1.82, 2.24) is 0 Å². The van der Waals surface area contributed by atoms with E-state index in [1.807, 2.05) is 42.5 Å². The summed E-state index contributed by atoms with van der Waals surface area (Å²) < 4.78 is 6.14. The summed E-state index contributed by atoms with van der Waals surface area (Å²) in [7, 11) is 0. The van der Waals surface area contributed by atoms with Gasteiger partial charge in [-0.2, -0.15) is 0 Å². The number of rotatable bonds is 4. The molecule has 0 saturated carbocycles. The van der Waals surface area contributed by atoms with Crippen LogP contribution in [0.3, 0.4) is 0 Å². The van der Waals surface area contributed by atoms with Crippen molar-refractivity contribution < 1.29 is 9.53 Å². The van der Waals surface area contributed by atoms with Gasteiger partial charge in [0, 0.05) is 4.47 Å². The topological polar surface area (TPSA) is 52.3 Å². The van der Waals surface area contributed by atoms with E-state index in [1.165, 1.54) is 0 Å². The first-order valence-corrected chi connectivity index (χ1v) is 6.68. The van der Waals surface area contributed by atoms with E-state index in [1.54, 1.807) is 12.1 Å². The van der Waals surface area contributed by atoms with Gasteiger partial charge in [-0.25, -0.2) is 4.79 Å². The lowest BCUT2D eigenvalue weighted by Crippen LogP contribution is -2.23. The second-order valence-corrected chi connectivity index (χ2v) is 5.04. The zero-order valence-electron chi connectivity index (χ0n) is 10.7. The number of ether oxygens (including phenoxy) is 1. The van der Waals surface area contributed by atoms with E-state index in [0.29, 0.717) is 0 Å². The van der Waals surface area contributed by atoms with Crippen molar-refractivity contribution in [2.45, 2.75) is 12.6 Å². The molecule has 2 aromatic rings. The Hall–Kier alpha value is -1.36. The molecule has 0 amide bonds. The summed E-state index contributed by atoms with van der Waals surface area (Å²) in [5, 5.41) is 0. The maximum Gasteiger partial charge on any atom is 0.327 e. The van der Waals surface area contributed by atoms with Crippen LogP contribution >= 0.6 is 28.3 Å². The average Bonchev–Trinajstić information content (AvgIpc) is 2.46. The molecule has 3 nitrogen and oxygen atoms in total. The standard InChI is InChI=1S/C15H14BrNO2.ClH/c16-13-8-6-12(7-9-13)14(17)15(18)19-10-11-4-2-1-3-5-11;/h1-9,14H,10,17H2;1H/t14-;/m0./s1. The summed E-state index contributed by atoms with van der Waals surface area (Å²) in [6, 6.07) is 16.1. The molecular formula is C15H15BrClNO2. The van der Waals surface area contributed by atoms with Gasteiger partial charge in [-0.15, -0.1) is 12.4 Å². The Morgan fingerprint density at radius 1 is 1.10 bits per heavy atom. The molecule has 106 valence electrons. The average molecular weight is 357 g/mol. The van der Waals surface area contributed by atoms with Crippen LogP contribution < -0.4 is 5.73 Å². The van der Waals surface area contributed by atoms with Gasteiger partial charge >= 0.3 is 5.97 Å². The van der Waals surface area contributed by atoms with Crippen molar-refractivity contribution in [2.75, 3.05) is 0 Å². The van der Waals surface area contributed by atoms with Gasteiger partial charge in [-0.3, -0.25) is 0 Å². The number of esters is 1. The molecule has 2 rings (SSSR count). The normalized spacial score (nSPS) is 11.3. The maximum atomic E-state index is 11.8. The summed E-state index contributed by atoms with van der Waals surface area (Å²) in [6.07, 6.45) is 0. The van der Waals surface area contributed by atoms with E-state index in [-0.39, 0.29) is 19.0 Å². The monoisotopic (exact) mass is 355 g/mol. The largest absolute Gasteiger partial charge is 0.459 e. The highest BCUT2D eigenvalue weighted by molar-refractivity contribution is 9.10. The van der Waals surface area contributed by atoms with Crippen molar-refractivity contribution in [3.63, 3.8) is 0 Å². The van der Waals surface area contributed by atoms with Gasteiger partial charge in [0.15, 0.2) is 0 Å². The number of benzene rings is 2. The van der Waals surface area contributed by atoms with E-state index in [4.69, 9.17) is 10.5 Å². The van der Waals surface area contributed by atoms with E-state index in [2.05, 4.69) is 15.9 Å². The third-order valence-corrected chi connectivity index (χ3v) is 3.24. The van der Waals surface area contributed by atoms with Crippen LogP contribution in [-0.2, 0) is 16.1 Å². The minimum atomic E-state index is -0.753. The second kappa shape index (κ2) is 8.04. The Bertz CT molecular complexity index is 546. The first-order valence-electron chi connectivity index (χ1n) is 5.88. The molecule has 5 heteroatoms. The highest BCUT2D eigenvalue weighted by atomic mass is 79.9. The molecule has 2 N–H and O–H groups in total. The molecule has 0 bridgehead atoms. The fourth-order valence-electron chi connectivity index (χ4n) is 1.62. The Labute approximate surface area is 132 Å². The molecule has 2 aromatic carbocycles. The maximum absolute atomic E-state index is 11.8. The molecule has 1 atom stereocenters. The SMILES string of the molecule is Cl.N[C@H](C(=O)OCc1ccccc1)c1ccc(Br)cc1. The molecule has 0 aliphatic carbocycles. The van der Waals surface area contributed by atoms with Crippen LogP contribution in [0.1, 0.15) is 17.2 Å². The number of carbonyl (C=O) groups excluding carboxylic acids is 1. The van der Waals surface area contributed by atoms with Crippen LogP contribution in [0, 0.1) is 0 Å². The van der Waals surface area contributed by atoms with Crippen molar-refractivity contribution in [3.05, 3.63) is 70.2 Å². The first kappa shape index (κ1) is 16.7. The fraction of sp³-hybridized carbons (Fsp3) is 0.133. The van der Waals surface area contributed by atoms with Crippen molar-refractivity contribution in [1.29, 1.82) is 0 Å². The van der Waals surface area contributed by atoms with Crippen molar-refractivity contribution in [3.8, 4) is 0 Å². The highest BCUT2D eigenvalue weighted by Crippen LogP contribution is 2.16. The molecule has 0 radical (unpaired) electrons. The fourth-order valence-corrected chi connectivity index (χ4v) is 1.89. The van der Waals surface area contributed by atoms with Crippen molar-refractivity contribution >= 4 is 34.3 Å². The second-order valence-electron chi connectivity index (χ2n) is 4.12. The van der Waals surface area contributed by atoms with Crippen LogP contribution in [0.4, 0.5) is 0 Å². The van der Waals surface area contributed by atoms with E-state index < -0.39 is 12.0 Å². The summed E-state index contributed by atoms with van der Waals surface area (Å²) in [5.41, 5.74) is 7.54. The minimum Gasteiger partial charge on any atom is -0.459 e. The zero-order chi connectivity index (χ0) is 13.7. The molecule has 0 saturated heterocycles. The van der Waals surface area contributed by atoms with E-state index >= 15 is 0 Å². The van der Waals surface area contributed by atoms with Gasteiger partial charge in [0.1, 0.15) is 12.6 Å². The predicted molar refractivity (Wildman–Crippen MR) is 84.6 cm³/mol. The number of carbonyl (C=O) groups is 1. The quantitative estimate of drug-likeness (QED) is 0.851. The number of hydrogen-bond donors (Lipinski definition) is 1. The van der Waals surface area contributed by atoms with Crippen LogP contribution in [-0.4, -0.2) is 5.97 Å². The van der Waals surface area contributed by atoms with Crippen LogP contribution in [0.25, 0.3) is 0 Å². The summed E-state index contributed by atoms with van der Waals surface area (Å²) >= 11 is 3.34.